The Kier molecular flexibility index (Phi) is 4.40. The van der Waals surface area contributed by atoms with Gasteiger partial charge in [0.05, 0.1) is 5.41 Å². The van der Waals surface area contributed by atoms with Crippen molar-refractivity contribution in [2.24, 2.45) is 5.41 Å². The summed E-state index contributed by atoms with van der Waals surface area (Å²) >= 11 is 0. The van der Waals surface area contributed by atoms with Crippen LogP contribution in [0.2, 0.25) is 0 Å². The number of imidazole rings is 1. The van der Waals surface area contributed by atoms with Gasteiger partial charge in [-0.15, -0.1) is 0 Å². The lowest BCUT2D eigenvalue weighted by molar-refractivity contribution is -0.145. The molecular formula is C20H25FN4O2. The van der Waals surface area contributed by atoms with Gasteiger partial charge in [0.15, 0.2) is 5.69 Å². The Morgan fingerprint density at radius 2 is 2.11 bits per heavy atom. The normalized spacial score (nSPS) is 23.0. The lowest BCUT2D eigenvalue weighted by Gasteiger charge is -2.39. The van der Waals surface area contributed by atoms with Gasteiger partial charge in [-0.2, -0.15) is 4.39 Å². The number of fused-ring (bicyclic) bond motifs is 1. The monoisotopic (exact) mass is 372 g/mol. The summed E-state index contributed by atoms with van der Waals surface area (Å²) in [7, 11) is 0. The van der Waals surface area contributed by atoms with Crippen LogP contribution in [0.1, 0.15) is 48.7 Å². The van der Waals surface area contributed by atoms with Crippen molar-refractivity contribution in [2.75, 3.05) is 26.2 Å². The van der Waals surface area contributed by atoms with Crippen LogP contribution >= 0.6 is 0 Å². The van der Waals surface area contributed by atoms with Crippen molar-refractivity contribution < 1.29 is 14.0 Å². The van der Waals surface area contributed by atoms with Crippen molar-refractivity contribution in [3.63, 3.8) is 0 Å². The topological polar surface area (TPSA) is 57.9 Å². The molecule has 2 aliphatic rings. The SMILES string of the molecule is CCCN1CCC[C@@]2(CCN(C(=O)c3nc4ccc(C)cn4c3F)C2)C1=O. The highest BCUT2D eigenvalue weighted by molar-refractivity contribution is 5.94. The summed E-state index contributed by atoms with van der Waals surface area (Å²) in [4.78, 5) is 33.7. The van der Waals surface area contributed by atoms with E-state index in [0.717, 1.165) is 37.9 Å². The maximum Gasteiger partial charge on any atom is 0.277 e. The van der Waals surface area contributed by atoms with E-state index in [9.17, 15) is 14.0 Å². The van der Waals surface area contributed by atoms with E-state index in [4.69, 9.17) is 0 Å². The Morgan fingerprint density at radius 1 is 1.30 bits per heavy atom. The summed E-state index contributed by atoms with van der Waals surface area (Å²) < 4.78 is 16.1. The van der Waals surface area contributed by atoms with Gasteiger partial charge in [-0.25, -0.2) is 4.98 Å². The number of halogens is 1. The highest BCUT2D eigenvalue weighted by Crippen LogP contribution is 2.40. The molecular weight excluding hydrogens is 347 g/mol. The van der Waals surface area contributed by atoms with Gasteiger partial charge in [-0.1, -0.05) is 13.0 Å². The molecule has 0 unspecified atom stereocenters. The van der Waals surface area contributed by atoms with Gasteiger partial charge in [0, 0.05) is 32.4 Å². The van der Waals surface area contributed by atoms with Crippen molar-refractivity contribution >= 4 is 17.5 Å². The van der Waals surface area contributed by atoms with Crippen molar-refractivity contribution in [2.45, 2.75) is 39.5 Å². The number of carbonyl (C=O) groups excluding carboxylic acids is 2. The van der Waals surface area contributed by atoms with Gasteiger partial charge in [-0.3, -0.25) is 14.0 Å². The van der Waals surface area contributed by atoms with Crippen molar-refractivity contribution in [3.05, 3.63) is 35.5 Å². The maximum absolute atomic E-state index is 14.8. The zero-order chi connectivity index (χ0) is 19.2. The molecule has 0 saturated carbocycles. The van der Waals surface area contributed by atoms with Crippen LogP contribution in [0.3, 0.4) is 0 Å². The van der Waals surface area contributed by atoms with E-state index < -0.39 is 17.3 Å². The Labute approximate surface area is 158 Å². The van der Waals surface area contributed by atoms with Crippen LogP contribution in [0.4, 0.5) is 4.39 Å². The molecule has 1 spiro atoms. The van der Waals surface area contributed by atoms with E-state index in [1.165, 1.54) is 4.40 Å². The highest BCUT2D eigenvalue weighted by atomic mass is 19.1. The molecule has 6 nitrogen and oxygen atoms in total. The van der Waals surface area contributed by atoms with Crippen LogP contribution in [-0.4, -0.2) is 57.2 Å². The first kappa shape index (κ1) is 17.9. The molecule has 0 N–H and O–H groups in total. The van der Waals surface area contributed by atoms with Crippen LogP contribution in [0.5, 0.6) is 0 Å². The number of aryl methyl sites for hydroxylation is 1. The second-order valence-corrected chi connectivity index (χ2v) is 7.84. The first-order chi connectivity index (χ1) is 12.9. The first-order valence-electron chi connectivity index (χ1n) is 9.68. The third-order valence-electron chi connectivity index (χ3n) is 5.87. The van der Waals surface area contributed by atoms with Gasteiger partial charge >= 0.3 is 0 Å². The molecule has 4 heterocycles. The summed E-state index contributed by atoms with van der Waals surface area (Å²) in [5.41, 5.74) is 0.640. The number of piperidine rings is 1. The van der Waals surface area contributed by atoms with Gasteiger partial charge in [0.25, 0.3) is 5.91 Å². The van der Waals surface area contributed by atoms with Crippen LogP contribution in [-0.2, 0) is 4.79 Å². The summed E-state index contributed by atoms with van der Waals surface area (Å²) in [5.74, 6) is -0.912. The fourth-order valence-electron chi connectivity index (χ4n) is 4.47. The molecule has 144 valence electrons. The molecule has 1 atom stereocenters. The molecule has 2 aromatic heterocycles. The minimum Gasteiger partial charge on any atom is -0.342 e. The van der Waals surface area contributed by atoms with E-state index in [0.29, 0.717) is 25.2 Å². The largest absolute Gasteiger partial charge is 0.342 e. The molecule has 0 aliphatic carbocycles. The second-order valence-electron chi connectivity index (χ2n) is 7.84. The molecule has 2 aromatic rings. The Hall–Kier alpha value is -2.44. The number of hydrogen-bond acceptors (Lipinski definition) is 3. The molecule has 27 heavy (non-hydrogen) atoms. The summed E-state index contributed by atoms with van der Waals surface area (Å²) in [6.07, 6.45) is 4.95. The fourth-order valence-corrected chi connectivity index (χ4v) is 4.47. The summed E-state index contributed by atoms with van der Waals surface area (Å²) in [6.45, 7) is 6.31. The molecule has 0 radical (unpaired) electrons. The number of carbonyl (C=O) groups is 2. The third kappa shape index (κ3) is 2.89. The molecule has 7 heteroatoms. The van der Waals surface area contributed by atoms with E-state index in [1.807, 2.05) is 17.9 Å². The van der Waals surface area contributed by atoms with Crippen LogP contribution in [0.15, 0.2) is 18.3 Å². The minimum absolute atomic E-state index is 0.150. The number of likely N-dealkylation sites (tertiary alicyclic amines) is 2. The molecule has 2 fully saturated rings. The lowest BCUT2D eigenvalue weighted by atomic mass is 9.78. The average molecular weight is 372 g/mol. The van der Waals surface area contributed by atoms with E-state index >= 15 is 0 Å². The van der Waals surface area contributed by atoms with Crippen LogP contribution < -0.4 is 0 Å². The predicted octanol–water partition coefficient (Wildman–Crippen LogP) is 2.65. The van der Waals surface area contributed by atoms with E-state index in [2.05, 4.69) is 11.9 Å². The zero-order valence-corrected chi connectivity index (χ0v) is 15.9. The number of pyridine rings is 1. The summed E-state index contributed by atoms with van der Waals surface area (Å²) in [5, 5.41) is 0. The minimum atomic E-state index is -0.637. The Bertz CT molecular complexity index is 907. The van der Waals surface area contributed by atoms with Crippen molar-refractivity contribution in [1.82, 2.24) is 19.2 Å². The average Bonchev–Trinajstić information content (AvgIpc) is 3.22. The van der Waals surface area contributed by atoms with Crippen LogP contribution in [0.25, 0.3) is 5.65 Å². The van der Waals surface area contributed by atoms with Gasteiger partial charge < -0.3 is 9.80 Å². The number of nitrogens with zero attached hydrogens (tertiary/aromatic N) is 4. The Balaban J connectivity index is 1.58. The van der Waals surface area contributed by atoms with Gasteiger partial charge in [-0.05, 0) is 44.2 Å². The fraction of sp³-hybridized carbons (Fsp3) is 0.550. The molecule has 2 saturated heterocycles. The maximum atomic E-state index is 14.8. The molecule has 0 bridgehead atoms. The van der Waals surface area contributed by atoms with E-state index in [1.54, 1.807) is 17.2 Å². The molecule has 0 aromatic carbocycles. The number of rotatable bonds is 3. The van der Waals surface area contributed by atoms with Crippen molar-refractivity contribution in [3.8, 4) is 0 Å². The third-order valence-corrected chi connectivity index (χ3v) is 5.87. The Morgan fingerprint density at radius 3 is 2.89 bits per heavy atom. The van der Waals surface area contributed by atoms with E-state index in [-0.39, 0.29) is 11.6 Å². The van der Waals surface area contributed by atoms with Crippen molar-refractivity contribution in [1.29, 1.82) is 0 Å². The zero-order valence-electron chi connectivity index (χ0n) is 15.9. The van der Waals surface area contributed by atoms with Gasteiger partial charge in [0.1, 0.15) is 5.65 Å². The molecule has 2 amide bonds. The van der Waals surface area contributed by atoms with Crippen LogP contribution in [0, 0.1) is 18.3 Å². The number of aromatic nitrogens is 2. The lowest BCUT2D eigenvalue weighted by Crippen LogP contribution is -2.50. The van der Waals surface area contributed by atoms with Gasteiger partial charge in [0.2, 0.25) is 11.9 Å². The first-order valence-corrected chi connectivity index (χ1v) is 9.68. The summed E-state index contributed by atoms with van der Waals surface area (Å²) in [6, 6.07) is 3.54. The molecule has 2 aliphatic heterocycles. The molecule has 4 rings (SSSR count). The standard InChI is InChI=1S/C20H25FN4O2/c1-3-9-23-10-4-7-20(19(23)27)8-11-24(13-20)18(26)16-17(21)25-12-14(2)5-6-15(25)22-16/h5-6,12H,3-4,7-11,13H2,1-2H3/t20-/m0/s1. The number of amides is 2. The smallest absolute Gasteiger partial charge is 0.277 e. The second kappa shape index (κ2) is 6.62. The number of hydrogen-bond donors (Lipinski definition) is 0. The predicted molar refractivity (Wildman–Crippen MR) is 98.9 cm³/mol. The highest BCUT2D eigenvalue weighted by Gasteiger charge is 2.49. The quantitative estimate of drug-likeness (QED) is 0.832.